The highest BCUT2D eigenvalue weighted by Gasteiger charge is 2.33. The van der Waals surface area contributed by atoms with E-state index in [0.29, 0.717) is 5.56 Å². The van der Waals surface area contributed by atoms with Gasteiger partial charge in [0.2, 0.25) is 0 Å². The molecule has 15 heavy (non-hydrogen) atoms. The van der Waals surface area contributed by atoms with Gasteiger partial charge in [-0.2, -0.15) is 0 Å². The average molecular weight is 241 g/mol. The van der Waals surface area contributed by atoms with E-state index in [0.717, 1.165) is 0 Å². The van der Waals surface area contributed by atoms with E-state index >= 15 is 0 Å². The summed E-state index contributed by atoms with van der Waals surface area (Å²) in [6, 6.07) is 2.56. The molecule has 0 bridgehead atoms. The number of ether oxygens (including phenoxy) is 1. The van der Waals surface area contributed by atoms with Crippen molar-refractivity contribution in [1.29, 1.82) is 0 Å². The van der Waals surface area contributed by atoms with Crippen molar-refractivity contribution in [2.24, 2.45) is 5.73 Å². The molecule has 0 radical (unpaired) electrons. The Labute approximate surface area is 88.8 Å². The number of anilines is 1. The van der Waals surface area contributed by atoms with Gasteiger partial charge in [-0.15, -0.1) is 13.2 Å². The van der Waals surface area contributed by atoms with Crippen molar-refractivity contribution >= 4 is 17.3 Å². The highest BCUT2D eigenvalue weighted by Crippen LogP contribution is 2.36. The maximum absolute atomic E-state index is 11.9. The Bertz CT molecular complexity index is 344. The molecule has 1 rings (SSSR count). The number of hydrogen-bond donors (Lipinski definition) is 2. The molecule has 1 aromatic carbocycles. The van der Waals surface area contributed by atoms with Gasteiger partial charge in [0.1, 0.15) is 0 Å². The molecule has 0 saturated heterocycles. The highest BCUT2D eigenvalue weighted by molar-refractivity contribution is 6.32. The SMILES string of the molecule is NCc1cc(N)c(OC(F)(F)F)c(Cl)c1. The second-order valence-corrected chi connectivity index (χ2v) is 3.16. The molecule has 0 spiro atoms. The molecule has 7 heteroatoms. The van der Waals surface area contributed by atoms with Crippen LogP contribution in [-0.2, 0) is 6.54 Å². The maximum atomic E-state index is 11.9. The third kappa shape index (κ3) is 3.17. The number of rotatable bonds is 2. The second kappa shape index (κ2) is 4.16. The smallest absolute Gasteiger partial charge is 0.402 e. The van der Waals surface area contributed by atoms with E-state index in [1.165, 1.54) is 12.1 Å². The summed E-state index contributed by atoms with van der Waals surface area (Å²) in [6.45, 7) is 0.135. The molecule has 0 saturated carbocycles. The zero-order chi connectivity index (χ0) is 11.6. The Kier molecular flexibility index (Phi) is 3.31. The molecule has 0 fully saturated rings. The van der Waals surface area contributed by atoms with Gasteiger partial charge in [-0.3, -0.25) is 0 Å². The van der Waals surface area contributed by atoms with Gasteiger partial charge in [-0.1, -0.05) is 11.6 Å². The Morgan fingerprint density at radius 3 is 2.33 bits per heavy atom. The quantitative estimate of drug-likeness (QED) is 0.780. The third-order valence-corrected chi connectivity index (χ3v) is 1.87. The molecular weight excluding hydrogens is 233 g/mol. The lowest BCUT2D eigenvalue weighted by molar-refractivity contribution is -0.274. The van der Waals surface area contributed by atoms with Crippen LogP contribution in [0.1, 0.15) is 5.56 Å². The lowest BCUT2D eigenvalue weighted by Gasteiger charge is -2.13. The fraction of sp³-hybridized carbons (Fsp3) is 0.250. The van der Waals surface area contributed by atoms with E-state index in [9.17, 15) is 13.2 Å². The van der Waals surface area contributed by atoms with Crippen molar-refractivity contribution < 1.29 is 17.9 Å². The molecule has 0 aliphatic carbocycles. The van der Waals surface area contributed by atoms with Crippen molar-refractivity contribution in [2.75, 3.05) is 5.73 Å². The summed E-state index contributed by atoms with van der Waals surface area (Å²) < 4.78 is 39.4. The number of nitrogens with two attached hydrogens (primary N) is 2. The molecule has 3 nitrogen and oxygen atoms in total. The zero-order valence-electron chi connectivity index (χ0n) is 7.44. The fourth-order valence-electron chi connectivity index (χ4n) is 1.01. The van der Waals surface area contributed by atoms with E-state index in [4.69, 9.17) is 23.1 Å². The molecule has 84 valence electrons. The Morgan fingerprint density at radius 1 is 1.33 bits per heavy atom. The van der Waals surface area contributed by atoms with Crippen LogP contribution in [-0.4, -0.2) is 6.36 Å². The van der Waals surface area contributed by atoms with Crippen molar-refractivity contribution in [3.05, 3.63) is 22.7 Å². The van der Waals surface area contributed by atoms with Gasteiger partial charge in [0.25, 0.3) is 0 Å². The summed E-state index contributed by atoms with van der Waals surface area (Å²) in [5.41, 5.74) is 11.0. The highest BCUT2D eigenvalue weighted by atomic mass is 35.5. The Hall–Kier alpha value is -1.14. The van der Waals surface area contributed by atoms with Crippen molar-refractivity contribution in [3.63, 3.8) is 0 Å². The largest absolute Gasteiger partial charge is 0.573 e. The van der Waals surface area contributed by atoms with Crippen LogP contribution in [0.15, 0.2) is 12.1 Å². The summed E-state index contributed by atoms with van der Waals surface area (Å²) in [5.74, 6) is -0.596. The molecule has 0 aliphatic rings. The first-order valence-electron chi connectivity index (χ1n) is 3.87. The van der Waals surface area contributed by atoms with Crippen LogP contribution >= 0.6 is 11.6 Å². The monoisotopic (exact) mass is 240 g/mol. The summed E-state index contributed by atoms with van der Waals surface area (Å²) in [5, 5.41) is -0.215. The van der Waals surface area contributed by atoms with Gasteiger partial charge in [0, 0.05) is 6.54 Å². The van der Waals surface area contributed by atoms with E-state index in [2.05, 4.69) is 4.74 Å². The minimum Gasteiger partial charge on any atom is -0.402 e. The molecule has 0 amide bonds. The summed E-state index contributed by atoms with van der Waals surface area (Å²) in [7, 11) is 0. The Morgan fingerprint density at radius 2 is 1.93 bits per heavy atom. The third-order valence-electron chi connectivity index (χ3n) is 1.59. The van der Waals surface area contributed by atoms with Gasteiger partial charge >= 0.3 is 6.36 Å². The van der Waals surface area contributed by atoms with Gasteiger partial charge < -0.3 is 16.2 Å². The van der Waals surface area contributed by atoms with Crippen molar-refractivity contribution in [1.82, 2.24) is 0 Å². The molecule has 0 heterocycles. The predicted octanol–water partition coefficient (Wildman–Crippen LogP) is 2.28. The van der Waals surface area contributed by atoms with Crippen LogP contribution in [0.25, 0.3) is 0 Å². The standard InChI is InChI=1S/C8H8ClF3N2O/c9-5-1-4(3-13)2-6(14)7(5)15-8(10,11)12/h1-2H,3,13-14H2. The molecule has 0 atom stereocenters. The number of alkyl halides is 3. The van der Waals surface area contributed by atoms with Crippen molar-refractivity contribution in [3.8, 4) is 5.75 Å². The molecule has 4 N–H and O–H groups in total. The predicted molar refractivity (Wildman–Crippen MR) is 50.4 cm³/mol. The van der Waals surface area contributed by atoms with Gasteiger partial charge in [0.05, 0.1) is 10.7 Å². The number of nitrogen functional groups attached to an aromatic ring is 1. The van der Waals surface area contributed by atoms with Crippen LogP contribution in [0.4, 0.5) is 18.9 Å². The first-order valence-corrected chi connectivity index (χ1v) is 4.25. The number of benzene rings is 1. The molecule has 0 aliphatic heterocycles. The normalized spacial score (nSPS) is 11.5. The van der Waals surface area contributed by atoms with Crippen LogP contribution < -0.4 is 16.2 Å². The Balaban J connectivity index is 3.09. The van der Waals surface area contributed by atoms with E-state index < -0.39 is 12.1 Å². The second-order valence-electron chi connectivity index (χ2n) is 2.75. The molecule has 1 aromatic rings. The van der Waals surface area contributed by atoms with Crippen LogP contribution in [0.3, 0.4) is 0 Å². The molecular formula is C8H8ClF3N2O. The van der Waals surface area contributed by atoms with E-state index in [1.807, 2.05) is 0 Å². The van der Waals surface area contributed by atoms with Gasteiger partial charge in [0.15, 0.2) is 5.75 Å². The lowest BCUT2D eigenvalue weighted by Crippen LogP contribution is -2.18. The summed E-state index contributed by atoms with van der Waals surface area (Å²) in [6.07, 6.45) is -4.82. The van der Waals surface area contributed by atoms with Gasteiger partial charge in [-0.25, -0.2) is 0 Å². The van der Waals surface area contributed by atoms with Crippen LogP contribution in [0.2, 0.25) is 5.02 Å². The number of halogens is 4. The average Bonchev–Trinajstić information content (AvgIpc) is 2.09. The topological polar surface area (TPSA) is 61.3 Å². The summed E-state index contributed by atoms with van der Waals surface area (Å²) >= 11 is 5.56. The minimum atomic E-state index is -4.82. The first-order chi connectivity index (χ1) is 6.83. The number of hydrogen-bond acceptors (Lipinski definition) is 3. The van der Waals surface area contributed by atoms with Crippen molar-refractivity contribution in [2.45, 2.75) is 12.9 Å². The van der Waals surface area contributed by atoms with E-state index in [1.54, 1.807) is 0 Å². The van der Waals surface area contributed by atoms with Gasteiger partial charge in [-0.05, 0) is 17.7 Å². The minimum absolute atomic E-state index is 0.135. The van der Waals surface area contributed by atoms with Crippen LogP contribution in [0.5, 0.6) is 5.75 Å². The first kappa shape index (κ1) is 11.9. The lowest BCUT2D eigenvalue weighted by atomic mass is 10.2. The van der Waals surface area contributed by atoms with E-state index in [-0.39, 0.29) is 17.3 Å². The molecule has 0 aromatic heterocycles. The van der Waals surface area contributed by atoms with Crippen LogP contribution in [0, 0.1) is 0 Å². The summed E-state index contributed by atoms with van der Waals surface area (Å²) in [4.78, 5) is 0. The zero-order valence-corrected chi connectivity index (χ0v) is 8.19. The maximum Gasteiger partial charge on any atom is 0.573 e. The fourth-order valence-corrected chi connectivity index (χ4v) is 1.30. The molecule has 0 unspecified atom stereocenters.